The van der Waals surface area contributed by atoms with E-state index in [-0.39, 0.29) is 0 Å². The fourth-order valence-electron chi connectivity index (χ4n) is 1.66. The van der Waals surface area contributed by atoms with E-state index in [4.69, 9.17) is 4.74 Å². The Kier molecular flexibility index (Phi) is 2.08. The van der Waals surface area contributed by atoms with Crippen molar-refractivity contribution in [3.8, 4) is 0 Å². The first-order chi connectivity index (χ1) is 5.45. The highest BCUT2D eigenvalue weighted by molar-refractivity contribution is 5.10. The second kappa shape index (κ2) is 3.22. The lowest BCUT2D eigenvalue weighted by atomic mass is 9.89. The molecule has 1 atom stereocenters. The van der Waals surface area contributed by atoms with Gasteiger partial charge in [0.05, 0.1) is 13.2 Å². The Hall–Kier alpha value is -0.560. The standard InChI is InChI=1S/C10H14O/c1-2-4-9(5-3-1)6-10-7-11-8-10/h1-4,9-10H,5-8H2. The second-order valence-corrected chi connectivity index (χ2v) is 3.45. The highest BCUT2D eigenvalue weighted by Gasteiger charge is 2.21. The maximum absolute atomic E-state index is 5.13. The molecule has 1 unspecified atom stereocenters. The fraction of sp³-hybridized carbons (Fsp3) is 0.600. The van der Waals surface area contributed by atoms with Gasteiger partial charge in [-0.25, -0.2) is 0 Å². The minimum absolute atomic E-state index is 0.786. The van der Waals surface area contributed by atoms with Crippen LogP contribution in [0.5, 0.6) is 0 Å². The zero-order valence-corrected chi connectivity index (χ0v) is 6.70. The minimum Gasteiger partial charge on any atom is -0.381 e. The topological polar surface area (TPSA) is 9.23 Å². The number of hydrogen-bond acceptors (Lipinski definition) is 1. The van der Waals surface area contributed by atoms with Crippen LogP contribution in [0, 0.1) is 11.8 Å². The summed E-state index contributed by atoms with van der Waals surface area (Å²) >= 11 is 0. The average molecular weight is 150 g/mol. The molecule has 0 aromatic rings. The van der Waals surface area contributed by atoms with E-state index in [1.807, 2.05) is 0 Å². The van der Waals surface area contributed by atoms with Gasteiger partial charge in [0.15, 0.2) is 0 Å². The van der Waals surface area contributed by atoms with E-state index in [2.05, 4.69) is 24.3 Å². The van der Waals surface area contributed by atoms with Gasteiger partial charge in [0, 0.05) is 5.92 Å². The summed E-state index contributed by atoms with van der Waals surface area (Å²) in [6, 6.07) is 0. The molecule has 0 N–H and O–H groups in total. The Labute approximate surface area is 67.7 Å². The molecule has 0 radical (unpaired) electrons. The van der Waals surface area contributed by atoms with Crippen LogP contribution in [-0.4, -0.2) is 13.2 Å². The Bertz CT molecular complexity index is 177. The first kappa shape index (κ1) is 7.11. The van der Waals surface area contributed by atoms with E-state index in [1.54, 1.807) is 0 Å². The van der Waals surface area contributed by atoms with Crippen LogP contribution in [0.1, 0.15) is 12.8 Å². The summed E-state index contributed by atoms with van der Waals surface area (Å²) in [6.45, 7) is 1.99. The van der Waals surface area contributed by atoms with Crippen molar-refractivity contribution in [2.45, 2.75) is 12.8 Å². The van der Waals surface area contributed by atoms with E-state index in [0.29, 0.717) is 0 Å². The van der Waals surface area contributed by atoms with Gasteiger partial charge in [-0.05, 0) is 18.8 Å². The van der Waals surface area contributed by atoms with Crippen LogP contribution >= 0.6 is 0 Å². The molecule has 1 saturated heterocycles. The lowest BCUT2D eigenvalue weighted by Crippen LogP contribution is -2.29. The number of ether oxygens (including phenoxy) is 1. The molecule has 1 aliphatic carbocycles. The number of allylic oxidation sites excluding steroid dienone is 4. The molecule has 1 heterocycles. The van der Waals surface area contributed by atoms with E-state index in [0.717, 1.165) is 25.0 Å². The van der Waals surface area contributed by atoms with Crippen LogP contribution in [0.15, 0.2) is 24.3 Å². The van der Waals surface area contributed by atoms with Gasteiger partial charge < -0.3 is 4.74 Å². The third-order valence-corrected chi connectivity index (χ3v) is 2.41. The molecule has 1 fully saturated rings. The molecule has 1 heteroatoms. The van der Waals surface area contributed by atoms with Gasteiger partial charge in [-0.3, -0.25) is 0 Å². The van der Waals surface area contributed by atoms with Crippen LogP contribution in [0.4, 0.5) is 0 Å². The summed E-state index contributed by atoms with van der Waals surface area (Å²) in [5, 5.41) is 0. The maximum Gasteiger partial charge on any atom is 0.0516 e. The Morgan fingerprint density at radius 1 is 1.27 bits per heavy atom. The molecule has 0 saturated carbocycles. The maximum atomic E-state index is 5.13. The monoisotopic (exact) mass is 150 g/mol. The predicted molar refractivity (Wildman–Crippen MR) is 45.3 cm³/mol. The zero-order valence-electron chi connectivity index (χ0n) is 6.70. The van der Waals surface area contributed by atoms with Crippen LogP contribution in [0.3, 0.4) is 0 Å². The van der Waals surface area contributed by atoms with Crippen molar-refractivity contribution < 1.29 is 4.74 Å². The second-order valence-electron chi connectivity index (χ2n) is 3.45. The van der Waals surface area contributed by atoms with Crippen molar-refractivity contribution in [2.24, 2.45) is 11.8 Å². The molecule has 11 heavy (non-hydrogen) atoms. The van der Waals surface area contributed by atoms with Crippen LogP contribution in [-0.2, 0) is 4.74 Å². The largest absolute Gasteiger partial charge is 0.381 e. The zero-order chi connectivity index (χ0) is 7.52. The van der Waals surface area contributed by atoms with Crippen molar-refractivity contribution >= 4 is 0 Å². The Morgan fingerprint density at radius 2 is 2.18 bits per heavy atom. The molecule has 1 nitrogen and oxygen atoms in total. The molecule has 0 bridgehead atoms. The van der Waals surface area contributed by atoms with E-state index in [9.17, 15) is 0 Å². The molecule has 1 aliphatic heterocycles. The lowest BCUT2D eigenvalue weighted by Gasteiger charge is -2.28. The fourth-order valence-corrected chi connectivity index (χ4v) is 1.66. The van der Waals surface area contributed by atoms with E-state index < -0.39 is 0 Å². The van der Waals surface area contributed by atoms with Gasteiger partial charge in [-0.15, -0.1) is 0 Å². The van der Waals surface area contributed by atoms with Gasteiger partial charge in [0.1, 0.15) is 0 Å². The molecule has 0 aromatic heterocycles. The summed E-state index contributed by atoms with van der Waals surface area (Å²) in [5.74, 6) is 1.63. The molecular weight excluding hydrogens is 136 g/mol. The molecule has 2 rings (SSSR count). The first-order valence-electron chi connectivity index (χ1n) is 4.36. The Morgan fingerprint density at radius 3 is 2.73 bits per heavy atom. The smallest absolute Gasteiger partial charge is 0.0516 e. The van der Waals surface area contributed by atoms with Crippen molar-refractivity contribution in [3.05, 3.63) is 24.3 Å². The summed E-state index contributed by atoms with van der Waals surface area (Å²) in [7, 11) is 0. The quantitative estimate of drug-likeness (QED) is 0.586. The highest BCUT2D eigenvalue weighted by atomic mass is 16.5. The normalized spacial score (nSPS) is 30.4. The minimum atomic E-state index is 0.786. The molecule has 0 spiro atoms. The summed E-state index contributed by atoms with van der Waals surface area (Å²) < 4.78 is 5.13. The molecule has 60 valence electrons. The van der Waals surface area contributed by atoms with E-state index in [1.165, 1.54) is 12.8 Å². The summed E-state index contributed by atoms with van der Waals surface area (Å²) in [6.07, 6.45) is 11.4. The van der Waals surface area contributed by atoms with Crippen molar-refractivity contribution in [1.82, 2.24) is 0 Å². The molecule has 0 aromatic carbocycles. The predicted octanol–water partition coefficient (Wildman–Crippen LogP) is 2.16. The van der Waals surface area contributed by atoms with Gasteiger partial charge in [-0.1, -0.05) is 24.3 Å². The SMILES string of the molecule is C1=CCC(CC2COC2)C=C1. The highest BCUT2D eigenvalue weighted by Crippen LogP contribution is 2.24. The Balaban J connectivity index is 1.77. The lowest BCUT2D eigenvalue weighted by molar-refractivity contribution is -0.0400. The average Bonchev–Trinajstić information content (AvgIpc) is 1.99. The van der Waals surface area contributed by atoms with E-state index >= 15 is 0 Å². The number of hydrogen-bond donors (Lipinski definition) is 0. The molecule has 0 amide bonds. The van der Waals surface area contributed by atoms with Crippen molar-refractivity contribution in [2.75, 3.05) is 13.2 Å². The third-order valence-electron chi connectivity index (χ3n) is 2.41. The van der Waals surface area contributed by atoms with Gasteiger partial charge >= 0.3 is 0 Å². The van der Waals surface area contributed by atoms with Crippen LogP contribution < -0.4 is 0 Å². The first-order valence-corrected chi connectivity index (χ1v) is 4.36. The third kappa shape index (κ3) is 1.72. The van der Waals surface area contributed by atoms with Gasteiger partial charge in [-0.2, -0.15) is 0 Å². The van der Waals surface area contributed by atoms with Crippen LogP contribution in [0.25, 0.3) is 0 Å². The van der Waals surface area contributed by atoms with Gasteiger partial charge in [0.2, 0.25) is 0 Å². The van der Waals surface area contributed by atoms with Crippen LogP contribution in [0.2, 0.25) is 0 Å². The number of rotatable bonds is 2. The summed E-state index contributed by atoms with van der Waals surface area (Å²) in [5.41, 5.74) is 0. The molecular formula is C10H14O. The van der Waals surface area contributed by atoms with Gasteiger partial charge in [0.25, 0.3) is 0 Å². The van der Waals surface area contributed by atoms with Crippen molar-refractivity contribution in [1.29, 1.82) is 0 Å². The van der Waals surface area contributed by atoms with Crippen molar-refractivity contribution in [3.63, 3.8) is 0 Å². The summed E-state index contributed by atoms with van der Waals surface area (Å²) in [4.78, 5) is 0. The molecule has 2 aliphatic rings.